The Balaban J connectivity index is 1.90. The van der Waals surface area contributed by atoms with Crippen LogP contribution in [0.5, 0.6) is 0 Å². The van der Waals surface area contributed by atoms with Gasteiger partial charge in [0, 0.05) is 18.7 Å². The van der Waals surface area contributed by atoms with E-state index in [2.05, 4.69) is 10.1 Å². The van der Waals surface area contributed by atoms with Crippen molar-refractivity contribution in [1.29, 1.82) is 0 Å². The van der Waals surface area contributed by atoms with Gasteiger partial charge in [-0.1, -0.05) is 17.7 Å². The SMILES string of the molecule is COC(=O)c1ccc(Cl)c(NC(=O)c2ccc(C)c(S(=O)(=O)N3CCCC3)c2)c1. The second kappa shape index (κ2) is 8.52. The van der Waals surface area contributed by atoms with Gasteiger partial charge in [-0.2, -0.15) is 4.31 Å². The molecule has 0 aliphatic carbocycles. The molecule has 0 unspecified atom stereocenters. The number of carbonyl (C=O) groups excluding carboxylic acids is 2. The van der Waals surface area contributed by atoms with Crippen molar-refractivity contribution in [2.45, 2.75) is 24.7 Å². The second-order valence-corrected chi connectivity index (χ2v) is 9.05. The number of hydrogen-bond donors (Lipinski definition) is 1. The van der Waals surface area contributed by atoms with Gasteiger partial charge in [0.2, 0.25) is 10.0 Å². The molecule has 0 saturated carbocycles. The molecule has 3 rings (SSSR count). The molecule has 0 spiro atoms. The molecule has 2 aromatic rings. The standard InChI is InChI=1S/C20H21ClN2O5S/c1-13-5-6-14(12-18(13)29(26,27)23-9-3-4-10-23)19(24)22-17-11-15(20(25)28-2)7-8-16(17)21/h5-8,11-12H,3-4,9-10H2,1-2H3,(H,22,24). The van der Waals surface area contributed by atoms with Crippen molar-refractivity contribution >= 4 is 39.2 Å². The topological polar surface area (TPSA) is 92.8 Å². The highest BCUT2D eigenvalue weighted by Gasteiger charge is 2.29. The summed E-state index contributed by atoms with van der Waals surface area (Å²) in [5.74, 6) is -1.10. The first-order chi connectivity index (χ1) is 13.7. The van der Waals surface area contributed by atoms with Crippen LogP contribution in [0.1, 0.15) is 39.1 Å². The van der Waals surface area contributed by atoms with E-state index in [4.69, 9.17) is 11.6 Å². The van der Waals surface area contributed by atoms with E-state index < -0.39 is 21.9 Å². The van der Waals surface area contributed by atoms with Gasteiger partial charge in [0.15, 0.2) is 0 Å². The lowest BCUT2D eigenvalue weighted by atomic mass is 10.1. The minimum absolute atomic E-state index is 0.112. The summed E-state index contributed by atoms with van der Waals surface area (Å²) in [6.45, 7) is 2.66. The van der Waals surface area contributed by atoms with Gasteiger partial charge in [0.1, 0.15) is 0 Å². The predicted molar refractivity (Wildman–Crippen MR) is 110 cm³/mol. The molecule has 1 amide bonds. The molecule has 29 heavy (non-hydrogen) atoms. The number of benzene rings is 2. The molecular formula is C20H21ClN2O5S. The Labute approximate surface area is 174 Å². The van der Waals surface area contributed by atoms with Crippen molar-refractivity contribution in [2.75, 3.05) is 25.5 Å². The van der Waals surface area contributed by atoms with Crippen LogP contribution in [0.25, 0.3) is 0 Å². The van der Waals surface area contributed by atoms with E-state index in [0.717, 1.165) is 12.8 Å². The van der Waals surface area contributed by atoms with Crippen LogP contribution < -0.4 is 5.32 Å². The van der Waals surface area contributed by atoms with Crippen molar-refractivity contribution in [3.8, 4) is 0 Å². The number of nitrogens with zero attached hydrogens (tertiary/aromatic N) is 1. The number of esters is 1. The number of methoxy groups -OCH3 is 1. The van der Waals surface area contributed by atoms with E-state index in [1.807, 2.05) is 0 Å². The normalized spacial score (nSPS) is 14.6. The van der Waals surface area contributed by atoms with Gasteiger partial charge >= 0.3 is 5.97 Å². The molecule has 1 aliphatic heterocycles. The Morgan fingerprint density at radius 2 is 1.72 bits per heavy atom. The van der Waals surface area contributed by atoms with Crippen molar-refractivity contribution in [2.24, 2.45) is 0 Å². The first-order valence-electron chi connectivity index (χ1n) is 9.04. The number of ether oxygens (including phenoxy) is 1. The van der Waals surface area contributed by atoms with E-state index in [9.17, 15) is 18.0 Å². The van der Waals surface area contributed by atoms with Gasteiger partial charge < -0.3 is 10.1 Å². The summed E-state index contributed by atoms with van der Waals surface area (Å²) in [6, 6.07) is 8.88. The Hall–Kier alpha value is -2.42. The van der Waals surface area contributed by atoms with Crippen LogP contribution in [0, 0.1) is 6.92 Å². The molecule has 0 aromatic heterocycles. The Morgan fingerprint density at radius 1 is 1.07 bits per heavy atom. The first-order valence-corrected chi connectivity index (χ1v) is 10.9. The minimum Gasteiger partial charge on any atom is -0.465 e. The second-order valence-electron chi connectivity index (χ2n) is 6.73. The molecule has 7 nitrogen and oxygen atoms in total. The third kappa shape index (κ3) is 4.44. The number of aryl methyl sites for hydroxylation is 1. The summed E-state index contributed by atoms with van der Waals surface area (Å²) in [6.07, 6.45) is 1.65. The van der Waals surface area contributed by atoms with Gasteiger partial charge in [0.05, 0.1) is 28.3 Å². The Bertz CT molecular complexity index is 1060. The predicted octanol–water partition coefficient (Wildman–Crippen LogP) is 3.47. The van der Waals surface area contributed by atoms with Gasteiger partial charge in [-0.15, -0.1) is 0 Å². The first kappa shape index (κ1) is 21.3. The summed E-state index contributed by atoms with van der Waals surface area (Å²) >= 11 is 6.12. The molecule has 154 valence electrons. The molecule has 0 atom stereocenters. The highest BCUT2D eigenvalue weighted by molar-refractivity contribution is 7.89. The van der Waals surface area contributed by atoms with E-state index >= 15 is 0 Å². The fraction of sp³-hybridized carbons (Fsp3) is 0.300. The van der Waals surface area contributed by atoms with E-state index in [1.54, 1.807) is 19.1 Å². The molecule has 0 radical (unpaired) electrons. The zero-order valence-corrected chi connectivity index (χ0v) is 17.6. The molecule has 1 heterocycles. The molecule has 1 N–H and O–H groups in total. The number of sulfonamides is 1. The number of amides is 1. The van der Waals surface area contributed by atoms with Crippen LogP contribution in [0.15, 0.2) is 41.3 Å². The summed E-state index contributed by atoms with van der Waals surface area (Å²) < 4.78 is 31.9. The van der Waals surface area contributed by atoms with Gasteiger partial charge in [-0.3, -0.25) is 4.79 Å². The minimum atomic E-state index is -3.66. The molecule has 9 heteroatoms. The van der Waals surface area contributed by atoms with Gasteiger partial charge in [-0.25, -0.2) is 13.2 Å². The zero-order chi connectivity index (χ0) is 21.2. The monoisotopic (exact) mass is 436 g/mol. The van der Waals surface area contributed by atoms with Crippen LogP contribution in [0.3, 0.4) is 0 Å². The van der Waals surface area contributed by atoms with Crippen molar-refractivity contribution in [3.05, 3.63) is 58.1 Å². The fourth-order valence-corrected chi connectivity index (χ4v) is 5.08. The molecule has 1 aliphatic rings. The quantitative estimate of drug-likeness (QED) is 0.724. The van der Waals surface area contributed by atoms with Gasteiger partial charge in [0.25, 0.3) is 5.91 Å². The largest absolute Gasteiger partial charge is 0.465 e. The number of rotatable bonds is 5. The van der Waals surface area contributed by atoms with Crippen LogP contribution in [-0.2, 0) is 14.8 Å². The van der Waals surface area contributed by atoms with Crippen LogP contribution in [-0.4, -0.2) is 44.8 Å². The molecular weight excluding hydrogens is 416 g/mol. The summed E-state index contributed by atoms with van der Waals surface area (Å²) in [5, 5.41) is 2.87. The molecule has 0 bridgehead atoms. The summed E-state index contributed by atoms with van der Waals surface area (Å²) in [7, 11) is -2.41. The van der Waals surface area contributed by atoms with Crippen LogP contribution >= 0.6 is 11.6 Å². The maximum absolute atomic E-state index is 12.9. The average molecular weight is 437 g/mol. The van der Waals surface area contributed by atoms with Crippen LogP contribution in [0.2, 0.25) is 5.02 Å². The zero-order valence-electron chi connectivity index (χ0n) is 16.1. The number of hydrogen-bond acceptors (Lipinski definition) is 5. The highest BCUT2D eigenvalue weighted by Crippen LogP contribution is 2.27. The number of nitrogens with one attached hydrogen (secondary N) is 1. The Morgan fingerprint density at radius 3 is 2.38 bits per heavy atom. The smallest absolute Gasteiger partial charge is 0.337 e. The van der Waals surface area contributed by atoms with E-state index in [-0.39, 0.29) is 26.7 Å². The van der Waals surface area contributed by atoms with Crippen LogP contribution in [0.4, 0.5) is 5.69 Å². The number of halogens is 1. The lowest BCUT2D eigenvalue weighted by Gasteiger charge is -2.18. The molecule has 1 saturated heterocycles. The third-order valence-electron chi connectivity index (χ3n) is 4.77. The third-order valence-corrected chi connectivity index (χ3v) is 7.14. The van der Waals surface area contributed by atoms with Gasteiger partial charge in [-0.05, 0) is 55.7 Å². The average Bonchev–Trinajstić information content (AvgIpc) is 3.25. The number of anilines is 1. The maximum Gasteiger partial charge on any atom is 0.337 e. The lowest BCUT2D eigenvalue weighted by Crippen LogP contribution is -2.28. The highest BCUT2D eigenvalue weighted by atomic mass is 35.5. The van der Waals surface area contributed by atoms with Crippen molar-refractivity contribution in [1.82, 2.24) is 4.31 Å². The summed E-state index contributed by atoms with van der Waals surface area (Å²) in [5.41, 5.74) is 1.20. The number of carbonyl (C=O) groups is 2. The van der Waals surface area contributed by atoms with E-state index in [0.29, 0.717) is 18.7 Å². The lowest BCUT2D eigenvalue weighted by molar-refractivity contribution is 0.0600. The van der Waals surface area contributed by atoms with E-state index in [1.165, 1.54) is 35.7 Å². The Kier molecular flexibility index (Phi) is 6.26. The fourth-order valence-electron chi connectivity index (χ4n) is 3.15. The van der Waals surface area contributed by atoms with Crippen molar-refractivity contribution in [3.63, 3.8) is 0 Å². The van der Waals surface area contributed by atoms with Crippen molar-refractivity contribution < 1.29 is 22.7 Å². The molecule has 2 aromatic carbocycles. The maximum atomic E-state index is 12.9. The summed E-state index contributed by atoms with van der Waals surface area (Å²) in [4.78, 5) is 24.5. The molecule has 1 fully saturated rings.